The van der Waals surface area contributed by atoms with Crippen LogP contribution < -0.4 is 17.0 Å². The van der Waals surface area contributed by atoms with Crippen LogP contribution in [-0.2, 0) is 32.2 Å². The van der Waals surface area contributed by atoms with E-state index in [2.05, 4.69) is 42.2 Å². The summed E-state index contributed by atoms with van der Waals surface area (Å²) in [5.41, 5.74) is 10.5. The average Bonchev–Trinajstić information content (AvgIpc) is 3.73. The summed E-state index contributed by atoms with van der Waals surface area (Å²) < 4.78 is 84.5. The van der Waals surface area contributed by atoms with E-state index in [1.807, 2.05) is 0 Å². The summed E-state index contributed by atoms with van der Waals surface area (Å²) in [4.78, 5) is 44.7. The fourth-order valence-electron chi connectivity index (χ4n) is 5.00. The zero-order chi connectivity index (χ0) is 32.2. The summed E-state index contributed by atoms with van der Waals surface area (Å²) in [6.45, 7) is -1.75. The summed E-state index contributed by atoms with van der Waals surface area (Å²) in [7, 11) is -7.94. The van der Waals surface area contributed by atoms with Crippen molar-refractivity contribution in [2.45, 2.75) is 49.2 Å². The Labute approximate surface area is 254 Å². The number of H-pyrrole nitrogens is 1. The lowest BCUT2D eigenvalue weighted by Gasteiger charge is -2.24. The number of anilines is 2. The van der Waals surface area contributed by atoms with Crippen LogP contribution in [0.5, 0.6) is 0 Å². The minimum atomic E-state index is -5.25. The molecule has 7 N–H and O–H groups in total. The summed E-state index contributed by atoms with van der Waals surface area (Å²) in [5.74, 6) is -0.299. The second kappa shape index (κ2) is 12.2. The van der Waals surface area contributed by atoms with Crippen LogP contribution in [0.15, 0.2) is 23.8 Å². The zero-order valence-corrected chi connectivity index (χ0v) is 25.0. The number of rotatable bonds is 10. The van der Waals surface area contributed by atoms with Crippen molar-refractivity contribution < 1.29 is 51.0 Å². The van der Waals surface area contributed by atoms with Crippen LogP contribution >= 0.6 is 27.3 Å². The van der Waals surface area contributed by atoms with Crippen molar-refractivity contribution in [2.75, 3.05) is 24.7 Å². The average molecular weight is 695 g/mol. The topological polar surface area (TPSA) is 280 Å². The van der Waals surface area contributed by atoms with Crippen LogP contribution in [0.4, 0.5) is 20.5 Å². The molecule has 20 nitrogen and oxygen atoms in total. The molecule has 2 fully saturated rings. The molecule has 6 heterocycles. The van der Waals surface area contributed by atoms with Gasteiger partial charge in [0.05, 0.1) is 25.9 Å². The Morgan fingerprint density at radius 3 is 2.44 bits per heavy atom. The number of imidazole rings is 2. The minimum Gasteiger partial charge on any atom is -0.394 e. The molecule has 4 aromatic heterocycles. The first-order valence-corrected chi connectivity index (χ1v) is 16.5. The highest BCUT2D eigenvalue weighted by atomic mass is 32.7. The maximum Gasteiger partial charge on any atom is 0.582 e. The number of nitrogen functional groups attached to an aromatic ring is 2. The Hall–Kier alpha value is -3.24. The molecule has 2 aliphatic heterocycles. The highest BCUT2D eigenvalue weighted by Gasteiger charge is 2.54. The molecule has 0 bridgehead atoms. The number of thiol groups is 1. The number of hydrogen-bond acceptors (Lipinski definition) is 16. The molecule has 6 rings (SSSR count). The Kier molecular flexibility index (Phi) is 8.58. The number of halogens is 2. The van der Waals surface area contributed by atoms with Gasteiger partial charge in [0.15, 0.2) is 53.5 Å². The van der Waals surface area contributed by atoms with E-state index in [1.165, 1.54) is 10.9 Å². The van der Waals surface area contributed by atoms with Crippen molar-refractivity contribution in [2.24, 2.45) is 0 Å². The second-order valence-electron chi connectivity index (χ2n) is 9.70. The van der Waals surface area contributed by atoms with E-state index < -0.39 is 83.0 Å². The first kappa shape index (κ1) is 31.7. The van der Waals surface area contributed by atoms with E-state index in [4.69, 9.17) is 34.5 Å². The number of nitrogens with one attached hydrogen (secondary N) is 1. The number of aromatic amines is 1. The van der Waals surface area contributed by atoms with Crippen molar-refractivity contribution >= 4 is 61.4 Å². The van der Waals surface area contributed by atoms with E-state index >= 15 is 8.78 Å². The molecule has 2 aliphatic rings. The van der Waals surface area contributed by atoms with Gasteiger partial charge in [-0.2, -0.15) is 4.98 Å². The third kappa shape index (κ3) is 5.91. The number of aliphatic hydroxyl groups excluding tert-OH is 1. The summed E-state index contributed by atoms with van der Waals surface area (Å²) in [5, 5.41) is 9.61. The molecule has 0 amide bonds. The van der Waals surface area contributed by atoms with Gasteiger partial charge in [-0.1, -0.05) is 0 Å². The van der Waals surface area contributed by atoms with Gasteiger partial charge in [-0.3, -0.25) is 28.0 Å². The molecule has 0 aliphatic carbocycles. The molecule has 0 aromatic carbocycles. The van der Waals surface area contributed by atoms with Crippen molar-refractivity contribution in [1.82, 2.24) is 39.0 Å². The SMILES string of the molecule is Nc1nc2c(ncn2[C@@H]2O[C@H](CO)[C@@H](F)[C@H]2OP(=O)(O)OC[C@H]2O[C@@H](n3cnc4c(N)ncnc43)[C@@H](F)[C@@H]2O[P+](=O)S)c(=O)[nH]1. The quantitative estimate of drug-likeness (QED) is 0.0945. The highest BCUT2D eigenvalue weighted by Crippen LogP contribution is 2.51. The molecule has 2 saturated heterocycles. The molecule has 0 radical (unpaired) electrons. The van der Waals surface area contributed by atoms with Crippen molar-refractivity contribution in [3.8, 4) is 0 Å². The largest absolute Gasteiger partial charge is 0.582 e. The minimum absolute atomic E-state index is 0.00943. The zero-order valence-electron chi connectivity index (χ0n) is 22.3. The van der Waals surface area contributed by atoms with Gasteiger partial charge >= 0.3 is 15.1 Å². The second-order valence-corrected chi connectivity index (χ2v) is 12.8. The number of hydrogen-bond donors (Lipinski definition) is 6. The number of ether oxygens (including phenoxy) is 2. The Bertz CT molecular complexity index is 1870. The van der Waals surface area contributed by atoms with E-state index in [1.54, 1.807) is 0 Å². The fraction of sp³-hybridized carbons (Fsp3) is 0.500. The van der Waals surface area contributed by atoms with Gasteiger partial charge in [-0.05, 0) is 4.57 Å². The molecule has 45 heavy (non-hydrogen) atoms. The van der Waals surface area contributed by atoms with Gasteiger partial charge < -0.3 is 30.9 Å². The number of fused-ring (bicyclic) bond motifs is 2. The maximum absolute atomic E-state index is 15.6. The number of nitrogens with two attached hydrogens (primary N) is 2. The summed E-state index contributed by atoms with van der Waals surface area (Å²) >= 11 is 3.66. The predicted molar refractivity (Wildman–Crippen MR) is 149 cm³/mol. The maximum atomic E-state index is 15.6. The van der Waals surface area contributed by atoms with Gasteiger partial charge in [0.25, 0.3) is 5.56 Å². The van der Waals surface area contributed by atoms with Crippen molar-refractivity contribution in [3.05, 3.63) is 29.3 Å². The standard InChI is InChI=1S/C20H22F2N10O10P2S/c21-8-6(1-33)39-19(32-5-28-11-16(32)29-20(24)30-17(11)34)13(8)42-44(36,37)38-2-7-12(41-43(35)45)9(22)18(40-7)31-4-27-10-14(23)25-3-26-15(10)31/h3-9,12-13,18-19,33H,1-2H2,(H6-,23,24,25,26,29,30,34,35,36,37,45)/p+1/t6-,7-,8-,9+,12-,13-,18-,19-/m1/s1. The van der Waals surface area contributed by atoms with Crippen LogP contribution in [-0.4, -0.2) is 99.0 Å². The Morgan fingerprint density at radius 2 is 1.73 bits per heavy atom. The van der Waals surface area contributed by atoms with Gasteiger partial charge in [0.2, 0.25) is 5.95 Å². The molecule has 2 unspecified atom stereocenters. The van der Waals surface area contributed by atoms with Crippen LogP contribution in [0, 0.1) is 0 Å². The molecule has 25 heteroatoms. The number of phosphoric ester groups is 1. The lowest BCUT2D eigenvalue weighted by molar-refractivity contribution is -0.0585. The normalized spacial score (nSPS) is 30.3. The van der Waals surface area contributed by atoms with Gasteiger partial charge in [0, 0.05) is 0 Å². The molecular formula is C20H23F2N10O10P2S+. The smallest absolute Gasteiger partial charge is 0.394 e. The van der Waals surface area contributed by atoms with E-state index in [0.29, 0.717) is 0 Å². The van der Waals surface area contributed by atoms with E-state index in [0.717, 1.165) is 17.2 Å². The first-order valence-electron chi connectivity index (χ1n) is 12.7. The van der Waals surface area contributed by atoms with Crippen LogP contribution in [0.1, 0.15) is 12.5 Å². The van der Waals surface area contributed by atoms with Gasteiger partial charge in [-0.25, -0.2) is 33.3 Å². The highest BCUT2D eigenvalue weighted by molar-refractivity contribution is 8.39. The summed E-state index contributed by atoms with van der Waals surface area (Å²) in [6, 6.07) is 0. The van der Waals surface area contributed by atoms with E-state index in [9.17, 15) is 23.9 Å². The van der Waals surface area contributed by atoms with Gasteiger partial charge in [0.1, 0.15) is 42.4 Å². The number of alkyl halides is 2. The molecular weight excluding hydrogens is 672 g/mol. The van der Waals surface area contributed by atoms with Gasteiger partial charge in [-0.15, -0.1) is 4.52 Å². The third-order valence-corrected chi connectivity index (χ3v) is 8.66. The van der Waals surface area contributed by atoms with Crippen LogP contribution in [0.3, 0.4) is 0 Å². The molecule has 4 aromatic rings. The Morgan fingerprint density at radius 1 is 1.04 bits per heavy atom. The molecule has 242 valence electrons. The predicted octanol–water partition coefficient (Wildman–Crippen LogP) is 0.0618. The number of aromatic nitrogens is 8. The molecule has 0 saturated carbocycles. The number of nitrogens with zero attached hydrogens (tertiary/aromatic N) is 7. The summed E-state index contributed by atoms with van der Waals surface area (Å²) in [6.07, 6.45) is -10.6. The monoisotopic (exact) mass is 695 g/mol. The van der Waals surface area contributed by atoms with Crippen LogP contribution in [0.2, 0.25) is 0 Å². The van der Waals surface area contributed by atoms with Crippen molar-refractivity contribution in [3.63, 3.8) is 0 Å². The molecule has 0 spiro atoms. The molecule has 10 atom stereocenters. The number of phosphoric acid groups is 1. The Balaban J connectivity index is 1.22. The first-order chi connectivity index (χ1) is 21.4. The lowest BCUT2D eigenvalue weighted by atomic mass is 10.1. The van der Waals surface area contributed by atoms with E-state index in [-0.39, 0.29) is 34.1 Å². The van der Waals surface area contributed by atoms with Crippen LogP contribution in [0.25, 0.3) is 22.3 Å². The van der Waals surface area contributed by atoms with Crippen molar-refractivity contribution in [1.29, 1.82) is 0 Å². The fourth-order valence-corrected chi connectivity index (χ4v) is 6.71. The lowest BCUT2D eigenvalue weighted by Crippen LogP contribution is -2.34. The third-order valence-electron chi connectivity index (χ3n) is 6.97. The number of aliphatic hydroxyl groups is 1.